The van der Waals surface area contributed by atoms with Crippen LogP contribution in [0.5, 0.6) is 0 Å². The Bertz CT molecular complexity index is 1110. The topological polar surface area (TPSA) is 25.4 Å². The molecule has 0 N–H and O–H groups in total. The Morgan fingerprint density at radius 1 is 0.913 bits per heavy atom. The van der Waals surface area contributed by atoms with Gasteiger partial charge in [-0.05, 0) is 12.1 Å². The van der Waals surface area contributed by atoms with Crippen LogP contribution in [0.2, 0.25) is 0 Å². The zero-order valence-corrected chi connectivity index (χ0v) is 11.4. The van der Waals surface area contributed by atoms with Gasteiger partial charge in [0.2, 0.25) is 17.3 Å². The molecule has 0 fully saturated rings. The first-order chi connectivity index (χ1) is 11.0. The van der Waals surface area contributed by atoms with Crippen molar-refractivity contribution in [2.24, 2.45) is 0 Å². The molecule has 2 heterocycles. The second kappa shape index (κ2) is 4.52. The minimum absolute atomic E-state index is 0.102. The van der Waals surface area contributed by atoms with E-state index in [4.69, 9.17) is 0 Å². The normalized spacial score (nSPS) is 11.7. The van der Waals surface area contributed by atoms with Gasteiger partial charge in [-0.1, -0.05) is 12.1 Å². The van der Waals surface area contributed by atoms with Crippen LogP contribution in [0.15, 0.2) is 47.5 Å². The summed E-state index contributed by atoms with van der Waals surface area (Å²) in [5, 5.41) is 1.26. The number of halogens is 4. The molecule has 114 valence electrons. The minimum atomic E-state index is -1.63. The van der Waals surface area contributed by atoms with E-state index < -0.39 is 34.6 Å². The summed E-state index contributed by atoms with van der Waals surface area (Å²) in [6.45, 7) is 0. The summed E-state index contributed by atoms with van der Waals surface area (Å²) in [4.78, 5) is 12.5. The molecule has 0 saturated heterocycles. The molecule has 2 aromatic carbocycles. The molecule has 0 spiro atoms. The van der Waals surface area contributed by atoms with Crippen LogP contribution in [0.4, 0.5) is 17.6 Å². The fraction of sp³-hybridized carbons (Fsp3) is 0. The van der Waals surface area contributed by atoms with Gasteiger partial charge >= 0.3 is 5.69 Å². The fourth-order valence-electron chi connectivity index (χ4n) is 2.73. The summed E-state index contributed by atoms with van der Waals surface area (Å²) >= 11 is 0. The van der Waals surface area contributed by atoms with E-state index in [0.717, 1.165) is 11.6 Å². The van der Waals surface area contributed by atoms with Crippen molar-refractivity contribution in [2.45, 2.75) is 0 Å². The van der Waals surface area contributed by atoms with Crippen LogP contribution in [0.3, 0.4) is 0 Å². The first-order valence-corrected chi connectivity index (χ1v) is 6.60. The molecule has 0 bridgehead atoms. The highest BCUT2D eigenvalue weighted by Crippen LogP contribution is 2.22. The third kappa shape index (κ3) is 1.76. The predicted octanol–water partition coefficient (Wildman–Crippen LogP) is 2.72. The second-order valence-corrected chi connectivity index (χ2v) is 5.07. The lowest BCUT2D eigenvalue weighted by atomic mass is 10.2. The maximum absolute atomic E-state index is 14.0. The minimum Gasteiger partial charge on any atom is -0.203 e. The standard InChI is InChI=1S/C16H7F4N2O/c17-10-6-11(18)13(20)15(12(10)19)22-7-9-3-1-2-8-4-5-21(14(8)9)16(22)23/h1-7H/q+1. The summed E-state index contributed by atoms with van der Waals surface area (Å²) in [6, 6.07) is 6.86. The van der Waals surface area contributed by atoms with Crippen LogP contribution in [-0.2, 0) is 0 Å². The third-order valence-corrected chi connectivity index (χ3v) is 3.75. The third-order valence-electron chi connectivity index (χ3n) is 3.75. The largest absolute Gasteiger partial charge is 0.508 e. The summed E-state index contributed by atoms with van der Waals surface area (Å²) in [5.41, 5.74) is -1.35. The average molecular weight is 319 g/mol. The molecule has 3 nitrogen and oxygen atoms in total. The van der Waals surface area contributed by atoms with Crippen molar-refractivity contribution in [1.82, 2.24) is 4.40 Å². The Morgan fingerprint density at radius 2 is 1.57 bits per heavy atom. The summed E-state index contributed by atoms with van der Waals surface area (Å²) in [6.07, 6.45) is 2.59. The van der Waals surface area contributed by atoms with Crippen LogP contribution in [0.1, 0.15) is 0 Å². The number of hydrogen-bond acceptors (Lipinski definition) is 1. The van der Waals surface area contributed by atoms with Gasteiger partial charge in [-0.15, -0.1) is 0 Å². The summed E-state index contributed by atoms with van der Waals surface area (Å²) < 4.78 is 56.6. The van der Waals surface area contributed by atoms with Gasteiger partial charge in [0.15, 0.2) is 17.2 Å². The molecule has 4 rings (SSSR count). The van der Waals surface area contributed by atoms with Gasteiger partial charge in [-0.25, -0.2) is 8.78 Å². The van der Waals surface area contributed by atoms with Crippen molar-refractivity contribution < 1.29 is 22.1 Å². The molecule has 4 aromatic rings. The zero-order valence-electron chi connectivity index (χ0n) is 11.4. The summed E-state index contributed by atoms with van der Waals surface area (Å²) in [5.74, 6) is -6.40. The molecular weight excluding hydrogens is 312 g/mol. The van der Waals surface area contributed by atoms with Crippen molar-refractivity contribution in [3.05, 3.63) is 76.5 Å². The molecule has 0 aliphatic carbocycles. The monoisotopic (exact) mass is 319 g/mol. The highest BCUT2D eigenvalue weighted by molar-refractivity contribution is 5.95. The first-order valence-electron chi connectivity index (χ1n) is 6.60. The van der Waals surface area contributed by atoms with Gasteiger partial charge in [0, 0.05) is 11.5 Å². The molecule has 23 heavy (non-hydrogen) atoms. The fourth-order valence-corrected chi connectivity index (χ4v) is 2.73. The Labute approximate surface area is 126 Å². The Hall–Kier alpha value is -2.96. The van der Waals surface area contributed by atoms with Gasteiger partial charge < -0.3 is 0 Å². The number of aromatic nitrogens is 2. The van der Waals surface area contributed by atoms with E-state index in [2.05, 4.69) is 0 Å². The maximum atomic E-state index is 14.0. The van der Waals surface area contributed by atoms with Crippen molar-refractivity contribution >= 4 is 16.3 Å². The number of nitrogens with zero attached hydrogens (tertiary/aromatic N) is 2. The van der Waals surface area contributed by atoms with E-state index >= 15 is 0 Å². The van der Waals surface area contributed by atoms with E-state index in [1.807, 2.05) is 0 Å². The lowest BCUT2D eigenvalue weighted by Crippen LogP contribution is -2.52. The Balaban J connectivity index is 2.20. The lowest BCUT2D eigenvalue weighted by Gasteiger charge is -2.05. The highest BCUT2D eigenvalue weighted by atomic mass is 19.2. The second-order valence-electron chi connectivity index (χ2n) is 5.07. The molecule has 0 unspecified atom stereocenters. The van der Waals surface area contributed by atoms with Gasteiger partial charge in [-0.3, -0.25) is 0 Å². The first kappa shape index (κ1) is 13.7. The number of hydrogen-bond donors (Lipinski definition) is 0. The smallest absolute Gasteiger partial charge is 0.203 e. The molecular formula is C16H7F4N2O+. The van der Waals surface area contributed by atoms with Crippen LogP contribution in [0.25, 0.3) is 22.0 Å². The van der Waals surface area contributed by atoms with Crippen molar-refractivity contribution in [2.75, 3.05) is 0 Å². The van der Waals surface area contributed by atoms with E-state index in [0.29, 0.717) is 15.5 Å². The SMILES string of the molecule is O=c1n2ccc3cccc(c[n+]1-c1c(F)c(F)cc(F)c1F)c32. The van der Waals surface area contributed by atoms with Crippen molar-refractivity contribution in [3.8, 4) is 5.69 Å². The summed E-state index contributed by atoms with van der Waals surface area (Å²) in [7, 11) is 0. The molecule has 7 heteroatoms. The Kier molecular flexibility index (Phi) is 2.69. The van der Waals surface area contributed by atoms with E-state index in [1.165, 1.54) is 10.6 Å². The maximum Gasteiger partial charge on any atom is 0.508 e. The Morgan fingerprint density at radius 3 is 2.26 bits per heavy atom. The number of rotatable bonds is 1. The molecule has 0 aliphatic rings. The van der Waals surface area contributed by atoms with Gasteiger partial charge in [-0.2, -0.15) is 22.5 Å². The van der Waals surface area contributed by atoms with Gasteiger partial charge in [0.25, 0.3) is 0 Å². The van der Waals surface area contributed by atoms with Crippen LogP contribution < -0.4 is 10.3 Å². The van der Waals surface area contributed by atoms with Crippen LogP contribution >= 0.6 is 0 Å². The molecule has 2 aromatic heterocycles. The van der Waals surface area contributed by atoms with Gasteiger partial charge in [0.05, 0.1) is 5.39 Å². The lowest BCUT2D eigenvalue weighted by molar-refractivity contribution is -0.618. The quantitative estimate of drug-likeness (QED) is 0.301. The van der Waals surface area contributed by atoms with Crippen LogP contribution in [0, 0.1) is 23.3 Å². The molecule has 0 saturated carbocycles. The van der Waals surface area contributed by atoms with E-state index in [1.54, 1.807) is 24.3 Å². The molecule has 0 aliphatic heterocycles. The highest BCUT2D eigenvalue weighted by Gasteiger charge is 2.28. The number of benzene rings is 2. The average Bonchev–Trinajstić information content (AvgIpc) is 2.96. The van der Waals surface area contributed by atoms with Crippen molar-refractivity contribution in [1.29, 1.82) is 0 Å². The zero-order chi connectivity index (χ0) is 16.3. The van der Waals surface area contributed by atoms with Crippen molar-refractivity contribution in [3.63, 3.8) is 0 Å². The van der Waals surface area contributed by atoms with Crippen LogP contribution in [-0.4, -0.2) is 4.40 Å². The van der Waals surface area contributed by atoms with E-state index in [9.17, 15) is 22.4 Å². The number of para-hydroxylation sites is 1. The van der Waals surface area contributed by atoms with Gasteiger partial charge in [0.1, 0.15) is 12.4 Å². The van der Waals surface area contributed by atoms with E-state index in [-0.39, 0.29) is 6.07 Å². The predicted molar refractivity (Wildman–Crippen MR) is 73.7 cm³/mol. The molecule has 0 amide bonds. The molecule has 0 radical (unpaired) electrons. The molecule has 0 atom stereocenters.